The highest BCUT2D eigenvalue weighted by Gasteiger charge is 2.15. The van der Waals surface area contributed by atoms with E-state index in [0.29, 0.717) is 11.9 Å². The zero-order valence-corrected chi connectivity index (χ0v) is 11.5. The minimum atomic E-state index is 0.350. The van der Waals surface area contributed by atoms with E-state index in [9.17, 15) is 0 Å². The van der Waals surface area contributed by atoms with E-state index in [1.165, 1.54) is 11.5 Å². The van der Waals surface area contributed by atoms with Gasteiger partial charge in [-0.25, -0.2) is 0 Å². The molecular weight excluding hydrogens is 258 g/mol. The Morgan fingerprint density at radius 1 is 1.26 bits per heavy atom. The van der Waals surface area contributed by atoms with Crippen LogP contribution in [0.5, 0.6) is 5.75 Å². The summed E-state index contributed by atoms with van der Waals surface area (Å²) >= 11 is 2.00. The first-order chi connectivity index (χ1) is 9.31. The van der Waals surface area contributed by atoms with Crippen LogP contribution in [-0.4, -0.2) is 27.8 Å². The molecule has 0 spiro atoms. The van der Waals surface area contributed by atoms with Crippen molar-refractivity contribution >= 4 is 17.6 Å². The summed E-state index contributed by atoms with van der Waals surface area (Å²) in [7, 11) is 0. The Hall–Kier alpha value is -1.62. The van der Waals surface area contributed by atoms with Crippen LogP contribution in [0.25, 0.3) is 11.3 Å². The van der Waals surface area contributed by atoms with Gasteiger partial charge in [0, 0.05) is 11.6 Å². The van der Waals surface area contributed by atoms with E-state index >= 15 is 0 Å². The Morgan fingerprint density at radius 2 is 2.11 bits per heavy atom. The van der Waals surface area contributed by atoms with E-state index in [0.717, 1.165) is 29.8 Å². The summed E-state index contributed by atoms with van der Waals surface area (Å²) in [6.07, 6.45) is 2.61. The van der Waals surface area contributed by atoms with Gasteiger partial charge < -0.3 is 10.5 Å². The van der Waals surface area contributed by atoms with Crippen molar-refractivity contribution in [3.8, 4) is 17.0 Å². The number of aromatic amines is 1. The van der Waals surface area contributed by atoms with E-state index in [2.05, 4.69) is 10.2 Å². The molecular formula is C14H17N3OS. The lowest BCUT2D eigenvalue weighted by molar-refractivity contribution is 0.192. The predicted molar refractivity (Wildman–Crippen MR) is 79.4 cm³/mol. The molecule has 1 saturated heterocycles. The maximum absolute atomic E-state index is 6.05. The summed E-state index contributed by atoms with van der Waals surface area (Å²) < 4.78 is 6.05. The van der Waals surface area contributed by atoms with E-state index < -0.39 is 0 Å². The summed E-state index contributed by atoms with van der Waals surface area (Å²) in [6.45, 7) is 0. The number of nitrogens with one attached hydrogen (secondary N) is 1. The maximum Gasteiger partial charge on any atom is 0.145 e. The molecule has 100 valence electrons. The molecule has 3 N–H and O–H groups in total. The second kappa shape index (κ2) is 5.57. The fourth-order valence-electron chi connectivity index (χ4n) is 2.21. The van der Waals surface area contributed by atoms with E-state index in [1.807, 2.05) is 42.1 Å². The number of H-pyrrole nitrogens is 1. The normalized spacial score (nSPS) is 16.4. The summed E-state index contributed by atoms with van der Waals surface area (Å²) in [6, 6.07) is 9.89. The Balaban J connectivity index is 1.75. The monoisotopic (exact) mass is 275 g/mol. The Bertz CT molecular complexity index is 549. The lowest BCUT2D eigenvalue weighted by atomic mass is 10.1. The van der Waals surface area contributed by atoms with Crippen molar-refractivity contribution in [1.29, 1.82) is 0 Å². The first-order valence-electron chi connectivity index (χ1n) is 6.47. The minimum Gasteiger partial charge on any atom is -0.490 e. The van der Waals surface area contributed by atoms with Gasteiger partial charge in [0.25, 0.3) is 0 Å². The average Bonchev–Trinajstić information content (AvgIpc) is 2.87. The molecule has 0 radical (unpaired) electrons. The second-order valence-corrected chi connectivity index (χ2v) is 5.89. The van der Waals surface area contributed by atoms with Crippen molar-refractivity contribution in [2.75, 3.05) is 17.2 Å². The van der Waals surface area contributed by atoms with Crippen LogP contribution in [0.1, 0.15) is 12.8 Å². The highest BCUT2D eigenvalue weighted by molar-refractivity contribution is 7.99. The van der Waals surface area contributed by atoms with Crippen LogP contribution in [0, 0.1) is 0 Å². The molecule has 0 amide bonds. The molecule has 19 heavy (non-hydrogen) atoms. The lowest BCUT2D eigenvalue weighted by Gasteiger charge is -2.22. The standard InChI is InChI=1S/C14H17N3OS/c15-14-9-13(16-17-14)10-2-1-3-12(8-10)18-11-4-6-19-7-5-11/h1-3,8-9,11H,4-7H2,(H3,15,16,17). The van der Waals surface area contributed by atoms with Crippen molar-refractivity contribution < 1.29 is 4.74 Å². The van der Waals surface area contributed by atoms with Gasteiger partial charge in [0.15, 0.2) is 0 Å². The number of rotatable bonds is 3. The van der Waals surface area contributed by atoms with Crippen LogP contribution in [0.4, 0.5) is 5.82 Å². The molecule has 0 bridgehead atoms. The number of aromatic nitrogens is 2. The molecule has 2 heterocycles. The molecule has 1 aliphatic heterocycles. The van der Waals surface area contributed by atoms with Gasteiger partial charge in [-0.1, -0.05) is 12.1 Å². The van der Waals surface area contributed by atoms with Gasteiger partial charge in [0.1, 0.15) is 17.7 Å². The van der Waals surface area contributed by atoms with Gasteiger partial charge >= 0.3 is 0 Å². The topological polar surface area (TPSA) is 63.9 Å². The zero-order valence-electron chi connectivity index (χ0n) is 10.6. The summed E-state index contributed by atoms with van der Waals surface area (Å²) in [4.78, 5) is 0. The summed E-state index contributed by atoms with van der Waals surface area (Å²) in [5.41, 5.74) is 7.59. The fourth-order valence-corrected chi connectivity index (χ4v) is 3.27. The summed E-state index contributed by atoms with van der Waals surface area (Å²) in [5, 5.41) is 6.87. The Kier molecular flexibility index (Phi) is 3.64. The predicted octanol–water partition coefficient (Wildman–Crippen LogP) is 2.93. The SMILES string of the molecule is Nc1cc(-c2cccc(OC3CCSCC3)c2)[nH]n1. The molecule has 1 fully saturated rings. The van der Waals surface area contributed by atoms with Gasteiger partial charge in [-0.2, -0.15) is 16.9 Å². The summed E-state index contributed by atoms with van der Waals surface area (Å²) in [5.74, 6) is 3.82. The van der Waals surface area contributed by atoms with Gasteiger partial charge in [-0.15, -0.1) is 0 Å². The Labute approximate surface area is 116 Å². The van der Waals surface area contributed by atoms with Crippen LogP contribution in [0.3, 0.4) is 0 Å². The van der Waals surface area contributed by atoms with Gasteiger partial charge in [-0.3, -0.25) is 5.10 Å². The maximum atomic E-state index is 6.05. The fraction of sp³-hybridized carbons (Fsp3) is 0.357. The largest absolute Gasteiger partial charge is 0.490 e. The number of nitrogens with zero attached hydrogens (tertiary/aromatic N) is 1. The number of anilines is 1. The third-order valence-electron chi connectivity index (χ3n) is 3.21. The first kappa shape index (κ1) is 12.4. The zero-order chi connectivity index (χ0) is 13.1. The number of hydrogen-bond donors (Lipinski definition) is 2. The molecule has 0 unspecified atom stereocenters. The van der Waals surface area contributed by atoms with E-state index in [4.69, 9.17) is 10.5 Å². The Morgan fingerprint density at radius 3 is 2.84 bits per heavy atom. The van der Waals surface area contributed by atoms with Crippen molar-refractivity contribution in [3.63, 3.8) is 0 Å². The van der Waals surface area contributed by atoms with Crippen LogP contribution in [-0.2, 0) is 0 Å². The number of nitrogens with two attached hydrogens (primary N) is 1. The molecule has 1 aromatic carbocycles. The van der Waals surface area contributed by atoms with Gasteiger partial charge in [0.05, 0.1) is 5.69 Å². The third kappa shape index (κ3) is 3.04. The van der Waals surface area contributed by atoms with Crippen molar-refractivity contribution in [2.24, 2.45) is 0 Å². The van der Waals surface area contributed by atoms with Crippen molar-refractivity contribution in [3.05, 3.63) is 30.3 Å². The smallest absolute Gasteiger partial charge is 0.145 e. The van der Waals surface area contributed by atoms with Crippen LogP contribution >= 0.6 is 11.8 Å². The average molecular weight is 275 g/mol. The number of hydrogen-bond acceptors (Lipinski definition) is 4. The number of benzene rings is 1. The van der Waals surface area contributed by atoms with E-state index in [1.54, 1.807) is 0 Å². The molecule has 0 aliphatic carbocycles. The van der Waals surface area contributed by atoms with Gasteiger partial charge in [0.2, 0.25) is 0 Å². The minimum absolute atomic E-state index is 0.350. The number of nitrogen functional groups attached to an aromatic ring is 1. The van der Waals surface area contributed by atoms with Gasteiger partial charge in [-0.05, 0) is 36.5 Å². The quantitative estimate of drug-likeness (QED) is 0.904. The van der Waals surface area contributed by atoms with Crippen molar-refractivity contribution in [1.82, 2.24) is 10.2 Å². The molecule has 1 aliphatic rings. The molecule has 4 nitrogen and oxygen atoms in total. The third-order valence-corrected chi connectivity index (χ3v) is 4.26. The van der Waals surface area contributed by atoms with Crippen LogP contribution in [0.2, 0.25) is 0 Å². The van der Waals surface area contributed by atoms with Crippen molar-refractivity contribution in [2.45, 2.75) is 18.9 Å². The molecule has 5 heteroatoms. The highest BCUT2D eigenvalue weighted by atomic mass is 32.2. The van der Waals surface area contributed by atoms with Crippen LogP contribution in [0.15, 0.2) is 30.3 Å². The second-order valence-electron chi connectivity index (χ2n) is 4.66. The molecule has 1 aromatic heterocycles. The first-order valence-corrected chi connectivity index (χ1v) is 7.62. The number of ether oxygens (including phenoxy) is 1. The van der Waals surface area contributed by atoms with E-state index in [-0.39, 0.29) is 0 Å². The molecule has 0 saturated carbocycles. The molecule has 3 rings (SSSR count). The molecule has 0 atom stereocenters. The molecule has 2 aromatic rings. The van der Waals surface area contributed by atoms with Crippen LogP contribution < -0.4 is 10.5 Å². The highest BCUT2D eigenvalue weighted by Crippen LogP contribution is 2.26. The lowest BCUT2D eigenvalue weighted by Crippen LogP contribution is -2.21. The number of thioether (sulfide) groups is 1.